The molecule has 0 N–H and O–H groups in total. The Morgan fingerprint density at radius 1 is 1.19 bits per heavy atom. The van der Waals surface area contributed by atoms with Gasteiger partial charge in [0.2, 0.25) is 0 Å². The van der Waals surface area contributed by atoms with E-state index in [0.29, 0.717) is 11.1 Å². The third-order valence-corrected chi connectivity index (χ3v) is 4.34. The molecule has 1 fully saturated rings. The molecule has 0 bridgehead atoms. The Labute approximate surface area is 134 Å². The first-order valence-electron chi connectivity index (χ1n) is 7.07. The van der Waals surface area contributed by atoms with E-state index in [4.69, 9.17) is 23.2 Å². The van der Waals surface area contributed by atoms with Crippen molar-refractivity contribution in [3.05, 3.63) is 51.9 Å². The van der Waals surface area contributed by atoms with Crippen molar-refractivity contribution in [3.63, 3.8) is 0 Å². The number of halogens is 2. The molecule has 5 heteroatoms. The summed E-state index contributed by atoms with van der Waals surface area (Å²) < 4.78 is 0. The second-order valence-corrected chi connectivity index (χ2v) is 6.35. The highest BCUT2D eigenvalue weighted by atomic mass is 35.5. The number of benzene rings is 1. The maximum absolute atomic E-state index is 6.14. The molecule has 3 rings (SSSR count). The number of anilines is 1. The van der Waals surface area contributed by atoms with Gasteiger partial charge in [-0.25, -0.2) is 9.97 Å². The Balaban J connectivity index is 1.88. The summed E-state index contributed by atoms with van der Waals surface area (Å²) >= 11 is 12.2. The molecule has 0 radical (unpaired) electrons. The van der Waals surface area contributed by atoms with Crippen LogP contribution in [0.1, 0.15) is 43.1 Å². The Kier molecular flexibility index (Phi) is 4.05. The fraction of sp³-hybridized carbons (Fsp3) is 0.375. The Hall–Kier alpha value is -1.32. The predicted molar refractivity (Wildman–Crippen MR) is 87.3 cm³/mol. The SMILES string of the molecule is CC(c1cccc(Cl)c1)N(C)c1cc(Cl)nc(C2CC2)n1. The van der Waals surface area contributed by atoms with Crippen molar-refractivity contribution in [2.45, 2.75) is 31.7 Å². The standard InChI is InChI=1S/C16H17Cl2N3/c1-10(12-4-3-5-13(17)8-12)21(2)15-9-14(18)19-16(20-15)11-6-7-11/h3-5,8-11H,6-7H2,1-2H3. The summed E-state index contributed by atoms with van der Waals surface area (Å²) in [5.74, 6) is 2.20. The van der Waals surface area contributed by atoms with Crippen LogP contribution in [-0.4, -0.2) is 17.0 Å². The molecule has 0 spiro atoms. The topological polar surface area (TPSA) is 29.0 Å². The van der Waals surface area contributed by atoms with E-state index in [-0.39, 0.29) is 6.04 Å². The van der Waals surface area contributed by atoms with E-state index in [0.717, 1.165) is 35.1 Å². The Morgan fingerprint density at radius 3 is 2.62 bits per heavy atom. The molecule has 1 aromatic carbocycles. The highest BCUT2D eigenvalue weighted by molar-refractivity contribution is 6.30. The maximum atomic E-state index is 6.14. The lowest BCUT2D eigenvalue weighted by atomic mass is 10.1. The molecule has 3 nitrogen and oxygen atoms in total. The molecular formula is C16H17Cl2N3. The maximum Gasteiger partial charge on any atom is 0.135 e. The molecule has 1 aliphatic carbocycles. The van der Waals surface area contributed by atoms with E-state index in [1.54, 1.807) is 0 Å². The molecule has 1 unspecified atom stereocenters. The van der Waals surface area contributed by atoms with E-state index < -0.39 is 0 Å². The molecular weight excluding hydrogens is 305 g/mol. The van der Waals surface area contributed by atoms with Gasteiger partial charge in [-0.1, -0.05) is 35.3 Å². The molecule has 0 amide bonds. The molecule has 110 valence electrons. The fourth-order valence-electron chi connectivity index (χ4n) is 2.32. The minimum Gasteiger partial charge on any atom is -0.353 e. The number of nitrogens with zero attached hydrogens (tertiary/aromatic N) is 3. The first-order chi connectivity index (χ1) is 10.0. The highest BCUT2D eigenvalue weighted by Crippen LogP contribution is 2.39. The van der Waals surface area contributed by atoms with Crippen LogP contribution in [0.5, 0.6) is 0 Å². The van der Waals surface area contributed by atoms with Gasteiger partial charge < -0.3 is 4.90 Å². The summed E-state index contributed by atoms with van der Waals surface area (Å²) in [6.07, 6.45) is 2.32. The molecule has 2 aromatic rings. The smallest absolute Gasteiger partial charge is 0.135 e. The Morgan fingerprint density at radius 2 is 1.95 bits per heavy atom. The molecule has 1 aromatic heterocycles. The Bertz CT molecular complexity index is 656. The van der Waals surface area contributed by atoms with E-state index in [1.807, 2.05) is 31.3 Å². The van der Waals surface area contributed by atoms with Crippen molar-refractivity contribution in [3.8, 4) is 0 Å². The van der Waals surface area contributed by atoms with Crippen molar-refractivity contribution in [1.82, 2.24) is 9.97 Å². The molecule has 1 atom stereocenters. The van der Waals surface area contributed by atoms with E-state index in [2.05, 4.69) is 27.9 Å². The van der Waals surface area contributed by atoms with Crippen molar-refractivity contribution in [2.24, 2.45) is 0 Å². The number of hydrogen-bond donors (Lipinski definition) is 0. The van der Waals surface area contributed by atoms with Crippen LogP contribution >= 0.6 is 23.2 Å². The summed E-state index contributed by atoms with van der Waals surface area (Å²) in [5.41, 5.74) is 1.15. The van der Waals surface area contributed by atoms with Crippen LogP contribution in [0.2, 0.25) is 10.2 Å². The lowest BCUT2D eigenvalue weighted by molar-refractivity contribution is 0.721. The van der Waals surface area contributed by atoms with Crippen LogP contribution in [0.4, 0.5) is 5.82 Å². The van der Waals surface area contributed by atoms with Gasteiger partial charge in [-0.3, -0.25) is 0 Å². The normalized spacial score (nSPS) is 15.8. The second-order valence-electron chi connectivity index (χ2n) is 5.52. The van der Waals surface area contributed by atoms with Gasteiger partial charge >= 0.3 is 0 Å². The molecule has 1 saturated carbocycles. The van der Waals surface area contributed by atoms with Crippen molar-refractivity contribution < 1.29 is 0 Å². The van der Waals surface area contributed by atoms with Gasteiger partial charge in [-0.15, -0.1) is 0 Å². The quantitative estimate of drug-likeness (QED) is 0.753. The molecule has 21 heavy (non-hydrogen) atoms. The average Bonchev–Trinajstić information content (AvgIpc) is 3.29. The van der Waals surface area contributed by atoms with Crippen molar-refractivity contribution in [1.29, 1.82) is 0 Å². The van der Waals surface area contributed by atoms with Crippen LogP contribution in [0.3, 0.4) is 0 Å². The third kappa shape index (κ3) is 3.30. The van der Waals surface area contributed by atoms with Crippen LogP contribution < -0.4 is 4.90 Å². The number of hydrogen-bond acceptors (Lipinski definition) is 3. The lowest BCUT2D eigenvalue weighted by Gasteiger charge is -2.27. The summed E-state index contributed by atoms with van der Waals surface area (Å²) in [6.45, 7) is 2.12. The minimum absolute atomic E-state index is 0.154. The van der Waals surface area contributed by atoms with E-state index >= 15 is 0 Å². The number of rotatable bonds is 4. The first kappa shape index (κ1) is 14.6. The summed E-state index contributed by atoms with van der Waals surface area (Å²) in [4.78, 5) is 11.1. The molecule has 1 heterocycles. The highest BCUT2D eigenvalue weighted by Gasteiger charge is 2.28. The summed E-state index contributed by atoms with van der Waals surface area (Å²) in [6, 6.07) is 9.86. The summed E-state index contributed by atoms with van der Waals surface area (Å²) in [5, 5.41) is 1.25. The van der Waals surface area contributed by atoms with Gasteiger partial charge in [0.25, 0.3) is 0 Å². The third-order valence-electron chi connectivity index (χ3n) is 3.91. The monoisotopic (exact) mass is 321 g/mol. The summed E-state index contributed by atoms with van der Waals surface area (Å²) in [7, 11) is 2.01. The van der Waals surface area contributed by atoms with E-state index in [9.17, 15) is 0 Å². The lowest BCUT2D eigenvalue weighted by Crippen LogP contribution is -2.23. The zero-order valence-corrected chi connectivity index (χ0v) is 13.6. The molecule has 0 aliphatic heterocycles. The van der Waals surface area contributed by atoms with Crippen LogP contribution in [0.15, 0.2) is 30.3 Å². The van der Waals surface area contributed by atoms with Gasteiger partial charge in [0.1, 0.15) is 16.8 Å². The molecule has 0 saturated heterocycles. The van der Waals surface area contributed by atoms with Gasteiger partial charge in [-0.05, 0) is 37.5 Å². The fourth-order valence-corrected chi connectivity index (χ4v) is 2.70. The van der Waals surface area contributed by atoms with Crippen LogP contribution in [0, 0.1) is 0 Å². The second kappa shape index (κ2) is 5.82. The zero-order chi connectivity index (χ0) is 15.0. The molecule has 1 aliphatic rings. The first-order valence-corrected chi connectivity index (χ1v) is 7.83. The van der Waals surface area contributed by atoms with Crippen LogP contribution in [0.25, 0.3) is 0 Å². The van der Waals surface area contributed by atoms with Crippen LogP contribution in [-0.2, 0) is 0 Å². The van der Waals surface area contributed by atoms with Crippen molar-refractivity contribution in [2.75, 3.05) is 11.9 Å². The van der Waals surface area contributed by atoms with Gasteiger partial charge in [0.15, 0.2) is 0 Å². The average molecular weight is 322 g/mol. The van der Waals surface area contributed by atoms with Crippen molar-refractivity contribution >= 4 is 29.0 Å². The predicted octanol–water partition coefficient (Wildman–Crippen LogP) is 4.86. The van der Waals surface area contributed by atoms with Gasteiger partial charge in [0, 0.05) is 24.1 Å². The van der Waals surface area contributed by atoms with Gasteiger partial charge in [-0.2, -0.15) is 0 Å². The zero-order valence-electron chi connectivity index (χ0n) is 12.1. The minimum atomic E-state index is 0.154. The van der Waals surface area contributed by atoms with Gasteiger partial charge in [0.05, 0.1) is 6.04 Å². The number of aromatic nitrogens is 2. The largest absolute Gasteiger partial charge is 0.353 e. The van der Waals surface area contributed by atoms with E-state index in [1.165, 1.54) is 0 Å².